The topological polar surface area (TPSA) is 90.4 Å². The van der Waals surface area contributed by atoms with E-state index in [0.717, 1.165) is 11.7 Å². The zero-order valence-corrected chi connectivity index (χ0v) is 12.0. The number of nitrogens with zero attached hydrogens (tertiary/aromatic N) is 2. The highest BCUT2D eigenvalue weighted by molar-refractivity contribution is 7.89. The average molecular weight is 303 g/mol. The number of benzene rings is 1. The van der Waals surface area contributed by atoms with Gasteiger partial charge in [-0.1, -0.05) is 6.07 Å². The van der Waals surface area contributed by atoms with Crippen LogP contribution >= 0.6 is 11.7 Å². The van der Waals surface area contributed by atoms with Gasteiger partial charge in [0, 0.05) is 14.2 Å². The van der Waals surface area contributed by atoms with Crippen molar-refractivity contribution in [3.63, 3.8) is 0 Å². The van der Waals surface area contributed by atoms with Gasteiger partial charge in [-0.3, -0.25) is 0 Å². The Morgan fingerprint density at radius 1 is 1.32 bits per heavy atom. The Bertz CT molecular complexity index is 652. The van der Waals surface area contributed by atoms with E-state index in [4.69, 9.17) is 9.47 Å². The summed E-state index contributed by atoms with van der Waals surface area (Å²) in [5, 5.41) is 0. The van der Waals surface area contributed by atoms with Crippen LogP contribution in [0.15, 0.2) is 23.1 Å². The van der Waals surface area contributed by atoms with Crippen molar-refractivity contribution in [1.82, 2.24) is 13.5 Å². The van der Waals surface area contributed by atoms with E-state index in [1.54, 1.807) is 12.1 Å². The first-order valence-corrected chi connectivity index (χ1v) is 7.56. The molecule has 1 aromatic carbocycles. The molecule has 0 amide bonds. The molecule has 19 heavy (non-hydrogen) atoms. The van der Waals surface area contributed by atoms with Gasteiger partial charge in [0.05, 0.1) is 18.3 Å². The SMILES string of the molecule is COC(CNS(=O)(=O)c1cccc2nsnc12)OC. The third kappa shape index (κ3) is 3.07. The summed E-state index contributed by atoms with van der Waals surface area (Å²) < 4.78 is 44.7. The summed E-state index contributed by atoms with van der Waals surface area (Å²) in [6.07, 6.45) is -0.637. The van der Waals surface area contributed by atoms with Crippen LogP contribution in [0.2, 0.25) is 0 Å². The van der Waals surface area contributed by atoms with Crippen LogP contribution in [0, 0.1) is 0 Å². The van der Waals surface area contributed by atoms with Crippen molar-refractivity contribution < 1.29 is 17.9 Å². The van der Waals surface area contributed by atoms with Crippen molar-refractivity contribution in [2.24, 2.45) is 0 Å². The molecule has 0 unspecified atom stereocenters. The molecule has 0 atom stereocenters. The lowest BCUT2D eigenvalue weighted by Gasteiger charge is -2.14. The molecule has 0 aliphatic carbocycles. The number of sulfonamides is 1. The molecule has 104 valence electrons. The van der Waals surface area contributed by atoms with Gasteiger partial charge in [-0.2, -0.15) is 8.75 Å². The minimum absolute atomic E-state index is 0.0171. The maximum atomic E-state index is 12.2. The fraction of sp³-hybridized carbons (Fsp3) is 0.400. The molecule has 1 heterocycles. The van der Waals surface area contributed by atoms with E-state index < -0.39 is 16.3 Å². The molecule has 9 heteroatoms. The van der Waals surface area contributed by atoms with Crippen LogP contribution in [0.1, 0.15) is 0 Å². The fourth-order valence-electron chi connectivity index (χ4n) is 1.52. The molecule has 0 aliphatic heterocycles. The second-order valence-corrected chi connectivity index (χ2v) is 5.90. The predicted molar refractivity (Wildman–Crippen MR) is 70.4 cm³/mol. The van der Waals surface area contributed by atoms with Crippen LogP contribution in [0.3, 0.4) is 0 Å². The molecular weight excluding hydrogens is 290 g/mol. The zero-order valence-electron chi connectivity index (χ0n) is 10.4. The predicted octanol–water partition coefficient (Wildman–Crippen LogP) is 0.589. The van der Waals surface area contributed by atoms with Gasteiger partial charge in [0.25, 0.3) is 0 Å². The lowest BCUT2D eigenvalue weighted by molar-refractivity contribution is -0.0960. The van der Waals surface area contributed by atoms with Gasteiger partial charge in [0.15, 0.2) is 6.29 Å². The summed E-state index contributed by atoms with van der Waals surface area (Å²) in [6.45, 7) is 0.0171. The summed E-state index contributed by atoms with van der Waals surface area (Å²) in [6, 6.07) is 4.83. The largest absolute Gasteiger partial charge is 0.355 e. The highest BCUT2D eigenvalue weighted by Crippen LogP contribution is 2.20. The van der Waals surface area contributed by atoms with Gasteiger partial charge in [-0.05, 0) is 12.1 Å². The van der Waals surface area contributed by atoms with Crippen molar-refractivity contribution in [2.45, 2.75) is 11.2 Å². The summed E-state index contributed by atoms with van der Waals surface area (Å²) in [7, 11) is -0.802. The Morgan fingerprint density at radius 2 is 2.05 bits per heavy atom. The normalized spacial score (nSPS) is 12.4. The molecule has 0 spiro atoms. The van der Waals surface area contributed by atoms with Gasteiger partial charge in [0.2, 0.25) is 10.0 Å². The Kier molecular flexibility index (Phi) is 4.42. The highest BCUT2D eigenvalue weighted by Gasteiger charge is 2.20. The van der Waals surface area contributed by atoms with Crippen molar-refractivity contribution in [1.29, 1.82) is 0 Å². The maximum absolute atomic E-state index is 12.2. The standard InChI is InChI=1S/C10H13N3O4S2/c1-16-9(17-2)6-11-19(14,15)8-5-3-4-7-10(8)13-18-12-7/h3-5,9,11H,6H2,1-2H3. The molecule has 7 nitrogen and oxygen atoms in total. The van der Waals surface area contributed by atoms with Gasteiger partial charge in [-0.25, -0.2) is 13.1 Å². The molecule has 0 fully saturated rings. The minimum atomic E-state index is -3.68. The summed E-state index contributed by atoms with van der Waals surface area (Å²) in [4.78, 5) is 0.102. The highest BCUT2D eigenvalue weighted by atomic mass is 32.2. The lowest BCUT2D eigenvalue weighted by atomic mass is 10.3. The number of hydrogen-bond acceptors (Lipinski definition) is 7. The number of methoxy groups -OCH3 is 2. The van der Waals surface area contributed by atoms with Gasteiger partial charge >= 0.3 is 0 Å². The van der Waals surface area contributed by atoms with Crippen molar-refractivity contribution in [3.8, 4) is 0 Å². The second-order valence-electron chi connectivity index (χ2n) is 3.64. The Labute approximate surface area is 114 Å². The molecule has 1 N–H and O–H groups in total. The minimum Gasteiger partial charge on any atom is -0.355 e. The molecule has 2 aromatic rings. The van der Waals surface area contributed by atoms with Crippen LogP contribution in [0.4, 0.5) is 0 Å². The third-order valence-electron chi connectivity index (χ3n) is 2.50. The first kappa shape index (κ1) is 14.3. The Morgan fingerprint density at radius 3 is 2.74 bits per heavy atom. The van der Waals surface area contributed by atoms with Crippen molar-refractivity contribution in [3.05, 3.63) is 18.2 Å². The van der Waals surface area contributed by atoms with E-state index in [0.29, 0.717) is 11.0 Å². The smallest absolute Gasteiger partial charge is 0.243 e. The average Bonchev–Trinajstić information content (AvgIpc) is 2.87. The van der Waals surface area contributed by atoms with Gasteiger partial charge < -0.3 is 9.47 Å². The van der Waals surface area contributed by atoms with Crippen LogP contribution in [0.5, 0.6) is 0 Å². The number of hydrogen-bond donors (Lipinski definition) is 1. The molecule has 0 saturated carbocycles. The number of aromatic nitrogens is 2. The summed E-state index contributed by atoms with van der Waals surface area (Å²) in [5.74, 6) is 0. The van der Waals surface area contributed by atoms with Gasteiger partial charge in [-0.15, -0.1) is 0 Å². The maximum Gasteiger partial charge on any atom is 0.243 e. The summed E-state index contributed by atoms with van der Waals surface area (Å²) >= 11 is 0.975. The first-order valence-electron chi connectivity index (χ1n) is 5.35. The molecule has 0 aliphatic rings. The van der Waals surface area contributed by atoms with E-state index in [2.05, 4.69) is 13.5 Å². The van der Waals surface area contributed by atoms with Gasteiger partial charge in [0.1, 0.15) is 15.9 Å². The molecule has 0 bridgehead atoms. The number of ether oxygens (including phenoxy) is 2. The monoisotopic (exact) mass is 303 g/mol. The fourth-order valence-corrected chi connectivity index (χ4v) is 3.30. The van der Waals surface area contributed by atoms with E-state index in [9.17, 15) is 8.42 Å². The molecule has 0 radical (unpaired) electrons. The van der Waals surface area contributed by atoms with Crippen LogP contribution in [0.25, 0.3) is 11.0 Å². The molecule has 0 saturated heterocycles. The van der Waals surface area contributed by atoms with Crippen molar-refractivity contribution >= 4 is 32.8 Å². The van der Waals surface area contributed by atoms with E-state index in [1.807, 2.05) is 0 Å². The number of rotatable bonds is 6. The first-order chi connectivity index (χ1) is 9.08. The van der Waals surface area contributed by atoms with Crippen molar-refractivity contribution in [2.75, 3.05) is 20.8 Å². The van der Waals surface area contributed by atoms with E-state index >= 15 is 0 Å². The zero-order chi connectivity index (χ0) is 13.9. The second kappa shape index (κ2) is 5.88. The Balaban J connectivity index is 2.27. The lowest BCUT2D eigenvalue weighted by Crippen LogP contribution is -2.34. The quantitative estimate of drug-likeness (QED) is 0.785. The van der Waals surface area contributed by atoms with Crippen LogP contribution in [-0.2, 0) is 19.5 Å². The molecule has 2 rings (SSSR count). The molecule has 1 aromatic heterocycles. The molecular formula is C10H13N3O4S2. The van der Waals surface area contributed by atoms with Crippen LogP contribution < -0.4 is 4.72 Å². The Hall–Kier alpha value is -1.13. The number of nitrogens with one attached hydrogen (secondary N) is 1. The van der Waals surface area contributed by atoms with E-state index in [1.165, 1.54) is 20.3 Å². The third-order valence-corrected chi connectivity index (χ3v) is 4.50. The van der Waals surface area contributed by atoms with Crippen LogP contribution in [-0.4, -0.2) is 44.2 Å². The number of fused-ring (bicyclic) bond motifs is 1. The van der Waals surface area contributed by atoms with E-state index in [-0.39, 0.29) is 11.4 Å². The summed E-state index contributed by atoms with van der Waals surface area (Å²) in [5.41, 5.74) is 0.925.